The van der Waals surface area contributed by atoms with Crippen molar-refractivity contribution in [2.24, 2.45) is 0 Å². The van der Waals surface area contributed by atoms with Crippen LogP contribution in [0.2, 0.25) is 0 Å². The molecule has 0 aliphatic rings. The Kier molecular flexibility index (Phi) is 9.71. The second-order valence-electron chi connectivity index (χ2n) is 9.19. The summed E-state index contributed by atoms with van der Waals surface area (Å²) in [7, 11) is -2.21. The van der Waals surface area contributed by atoms with E-state index in [1.807, 2.05) is 52.0 Å². The third-order valence-corrected chi connectivity index (χ3v) is 6.74. The number of ether oxygens (including phenoxy) is 1. The largest absolute Gasteiger partial charge is 0.497 e. The molecule has 35 heavy (non-hydrogen) atoms. The van der Waals surface area contributed by atoms with Crippen LogP contribution < -0.4 is 14.4 Å². The Morgan fingerprint density at radius 3 is 2.09 bits per heavy atom. The lowest BCUT2D eigenvalue weighted by molar-refractivity contribution is -0.139. The van der Waals surface area contributed by atoms with Crippen LogP contribution in [0.15, 0.2) is 48.5 Å². The Labute approximate surface area is 209 Å². The van der Waals surface area contributed by atoms with Crippen molar-refractivity contribution in [1.82, 2.24) is 10.2 Å². The van der Waals surface area contributed by atoms with Gasteiger partial charge >= 0.3 is 0 Å². The summed E-state index contributed by atoms with van der Waals surface area (Å²) in [4.78, 5) is 27.9. The Bertz CT molecular complexity index is 1110. The number of nitrogens with one attached hydrogen (secondary N) is 1. The molecule has 192 valence electrons. The summed E-state index contributed by atoms with van der Waals surface area (Å²) in [6.07, 6.45) is 1.08. The van der Waals surface area contributed by atoms with Crippen LogP contribution in [-0.4, -0.2) is 57.1 Å². The molecule has 0 aliphatic carbocycles. The molecule has 8 nitrogen and oxygen atoms in total. The van der Waals surface area contributed by atoms with E-state index in [1.54, 1.807) is 38.3 Å². The molecule has 0 unspecified atom stereocenters. The molecule has 0 spiro atoms. The Hall–Kier alpha value is -3.07. The highest BCUT2D eigenvalue weighted by Gasteiger charge is 2.31. The number of sulfonamides is 1. The molecular weight excluding hydrogens is 466 g/mol. The normalized spacial score (nSPS) is 12.4. The molecule has 0 bridgehead atoms. The highest BCUT2D eigenvalue weighted by Crippen LogP contribution is 2.29. The number of hydrogen-bond donors (Lipinski definition) is 1. The molecule has 2 aromatic rings. The molecule has 2 rings (SSSR count). The first kappa shape index (κ1) is 28.2. The lowest BCUT2D eigenvalue weighted by Crippen LogP contribution is -2.52. The summed E-state index contributed by atoms with van der Waals surface area (Å²) in [6.45, 7) is 8.98. The minimum atomic E-state index is -3.78. The molecule has 0 aromatic heterocycles. The number of anilines is 1. The van der Waals surface area contributed by atoms with Gasteiger partial charge in [0.15, 0.2) is 0 Å². The predicted molar refractivity (Wildman–Crippen MR) is 139 cm³/mol. The zero-order chi connectivity index (χ0) is 26.3. The van der Waals surface area contributed by atoms with Gasteiger partial charge in [-0.05, 0) is 56.0 Å². The first-order valence-corrected chi connectivity index (χ1v) is 13.5. The van der Waals surface area contributed by atoms with Gasteiger partial charge < -0.3 is 15.0 Å². The van der Waals surface area contributed by atoms with Gasteiger partial charge in [0.1, 0.15) is 18.3 Å². The molecule has 0 saturated carbocycles. The van der Waals surface area contributed by atoms with Crippen LogP contribution in [0, 0.1) is 0 Å². The maximum atomic E-state index is 13.6. The third kappa shape index (κ3) is 7.71. The minimum Gasteiger partial charge on any atom is -0.497 e. The van der Waals surface area contributed by atoms with E-state index in [-0.39, 0.29) is 24.4 Å². The minimum absolute atomic E-state index is 0.0525. The van der Waals surface area contributed by atoms with Crippen molar-refractivity contribution in [3.8, 4) is 5.75 Å². The number of carbonyl (C=O) groups excluding carboxylic acids is 2. The van der Waals surface area contributed by atoms with E-state index in [2.05, 4.69) is 5.32 Å². The van der Waals surface area contributed by atoms with E-state index in [1.165, 1.54) is 4.90 Å². The van der Waals surface area contributed by atoms with Gasteiger partial charge in [0.05, 0.1) is 19.1 Å². The van der Waals surface area contributed by atoms with E-state index in [0.29, 0.717) is 11.4 Å². The molecule has 0 saturated heterocycles. The first-order valence-electron chi connectivity index (χ1n) is 11.6. The fraction of sp³-hybridized carbons (Fsp3) is 0.462. The van der Waals surface area contributed by atoms with E-state index in [0.717, 1.165) is 21.7 Å². The number of amides is 2. The van der Waals surface area contributed by atoms with Crippen molar-refractivity contribution in [3.05, 3.63) is 59.7 Å². The molecule has 0 aliphatic heterocycles. The monoisotopic (exact) mass is 503 g/mol. The number of para-hydroxylation sites is 1. The maximum Gasteiger partial charge on any atom is 0.244 e. The molecule has 2 aromatic carbocycles. The van der Waals surface area contributed by atoms with Gasteiger partial charge in [0.2, 0.25) is 21.8 Å². The van der Waals surface area contributed by atoms with Crippen LogP contribution in [0.25, 0.3) is 0 Å². The number of hydrogen-bond acceptors (Lipinski definition) is 5. The Morgan fingerprint density at radius 1 is 0.971 bits per heavy atom. The number of methoxy groups -OCH3 is 1. The summed E-state index contributed by atoms with van der Waals surface area (Å²) in [6, 6.07) is 13.4. The van der Waals surface area contributed by atoms with Crippen LogP contribution in [0.4, 0.5) is 5.69 Å². The van der Waals surface area contributed by atoms with Crippen molar-refractivity contribution < 1.29 is 22.7 Å². The van der Waals surface area contributed by atoms with Crippen molar-refractivity contribution in [3.63, 3.8) is 0 Å². The zero-order valence-corrected chi connectivity index (χ0v) is 22.4. The molecule has 9 heteroatoms. The maximum absolute atomic E-state index is 13.6. The van der Waals surface area contributed by atoms with Gasteiger partial charge in [0.25, 0.3) is 0 Å². The van der Waals surface area contributed by atoms with Crippen molar-refractivity contribution in [1.29, 1.82) is 0 Å². The summed E-state index contributed by atoms with van der Waals surface area (Å²) in [5, 5.41) is 2.84. The number of carbonyl (C=O) groups is 2. The van der Waals surface area contributed by atoms with E-state index in [9.17, 15) is 18.0 Å². The summed E-state index contributed by atoms with van der Waals surface area (Å²) < 4.78 is 31.9. The average molecular weight is 504 g/mol. The zero-order valence-electron chi connectivity index (χ0n) is 21.6. The van der Waals surface area contributed by atoms with Crippen LogP contribution in [0.5, 0.6) is 5.75 Å². The van der Waals surface area contributed by atoms with Crippen LogP contribution in [0.1, 0.15) is 51.7 Å². The predicted octanol–water partition coefficient (Wildman–Crippen LogP) is 3.53. The standard InChI is InChI=1S/C26H37N3O5S/c1-18(2)23-10-8-9-11-24(23)29(35(7,32)33)17-25(30)28(20(5)26(31)27-19(3)4)16-21-12-14-22(34-6)15-13-21/h8-15,18-20H,16-17H2,1-7H3,(H,27,31)/t20-/m1/s1. The molecule has 0 heterocycles. The molecule has 0 radical (unpaired) electrons. The Morgan fingerprint density at radius 2 is 1.57 bits per heavy atom. The smallest absolute Gasteiger partial charge is 0.244 e. The number of rotatable bonds is 11. The summed E-state index contributed by atoms with van der Waals surface area (Å²) in [5.41, 5.74) is 2.07. The van der Waals surface area contributed by atoms with Gasteiger partial charge in [-0.1, -0.05) is 44.2 Å². The SMILES string of the molecule is COc1ccc(CN(C(=O)CN(c2ccccc2C(C)C)S(C)(=O)=O)[C@H](C)C(=O)NC(C)C)cc1. The molecule has 1 atom stereocenters. The fourth-order valence-corrected chi connectivity index (χ4v) is 4.58. The van der Waals surface area contributed by atoms with Crippen molar-refractivity contribution in [2.45, 2.75) is 59.2 Å². The van der Waals surface area contributed by atoms with E-state index >= 15 is 0 Å². The molecule has 1 N–H and O–H groups in total. The third-order valence-electron chi connectivity index (χ3n) is 5.62. The fourth-order valence-electron chi connectivity index (χ4n) is 3.71. The highest BCUT2D eigenvalue weighted by atomic mass is 32.2. The molecular formula is C26H37N3O5S. The lowest BCUT2D eigenvalue weighted by Gasteiger charge is -2.32. The van der Waals surface area contributed by atoms with Crippen LogP contribution in [-0.2, 0) is 26.2 Å². The highest BCUT2D eigenvalue weighted by molar-refractivity contribution is 7.92. The van der Waals surface area contributed by atoms with Crippen molar-refractivity contribution in [2.75, 3.05) is 24.2 Å². The average Bonchev–Trinajstić information content (AvgIpc) is 2.79. The van der Waals surface area contributed by atoms with Gasteiger partial charge in [-0.2, -0.15) is 0 Å². The topological polar surface area (TPSA) is 96.0 Å². The van der Waals surface area contributed by atoms with Gasteiger partial charge in [-0.3, -0.25) is 13.9 Å². The summed E-state index contributed by atoms with van der Waals surface area (Å²) in [5.74, 6) is -0.0611. The van der Waals surface area contributed by atoms with Gasteiger partial charge in [-0.25, -0.2) is 8.42 Å². The first-order chi connectivity index (χ1) is 16.3. The lowest BCUT2D eigenvalue weighted by atomic mass is 10.0. The van der Waals surface area contributed by atoms with E-state index in [4.69, 9.17) is 4.74 Å². The van der Waals surface area contributed by atoms with Crippen molar-refractivity contribution >= 4 is 27.5 Å². The quantitative estimate of drug-likeness (QED) is 0.506. The van der Waals surface area contributed by atoms with E-state index < -0.39 is 28.5 Å². The molecule has 0 fully saturated rings. The van der Waals surface area contributed by atoms with Gasteiger partial charge in [0, 0.05) is 12.6 Å². The van der Waals surface area contributed by atoms with Crippen LogP contribution >= 0.6 is 0 Å². The number of nitrogens with zero attached hydrogens (tertiary/aromatic N) is 2. The molecule has 2 amide bonds. The summed E-state index contributed by atoms with van der Waals surface area (Å²) >= 11 is 0. The second kappa shape index (κ2) is 12.1. The van der Waals surface area contributed by atoms with Crippen LogP contribution in [0.3, 0.4) is 0 Å². The Balaban J connectivity index is 2.45. The second-order valence-corrected chi connectivity index (χ2v) is 11.1. The number of benzene rings is 2. The van der Waals surface area contributed by atoms with Gasteiger partial charge in [-0.15, -0.1) is 0 Å².